The summed E-state index contributed by atoms with van der Waals surface area (Å²) in [4.78, 5) is 6.52. The summed E-state index contributed by atoms with van der Waals surface area (Å²) >= 11 is 0. The Balaban J connectivity index is 0.00000361. The van der Waals surface area contributed by atoms with Crippen LogP contribution in [0.15, 0.2) is 35.3 Å². The highest BCUT2D eigenvalue weighted by molar-refractivity contribution is 14.0. The highest BCUT2D eigenvalue weighted by Crippen LogP contribution is 1.96. The molecule has 0 unspecified atom stereocenters. The zero-order valence-corrected chi connectivity index (χ0v) is 15.2. The van der Waals surface area contributed by atoms with Gasteiger partial charge in [-0.1, -0.05) is 30.3 Å². The Bertz CT molecular complexity index is 379. The fourth-order valence-corrected chi connectivity index (χ4v) is 1.61. The summed E-state index contributed by atoms with van der Waals surface area (Å²) in [6.07, 6.45) is 0. The van der Waals surface area contributed by atoms with Gasteiger partial charge in [-0.25, -0.2) is 0 Å². The van der Waals surface area contributed by atoms with Crippen LogP contribution in [-0.4, -0.2) is 44.1 Å². The summed E-state index contributed by atoms with van der Waals surface area (Å²) in [5.74, 6) is 0.848. The number of hydrogen-bond acceptors (Lipinski definition) is 2. The molecule has 0 atom stereocenters. The molecule has 0 spiro atoms. The molecule has 1 aromatic rings. The molecule has 0 amide bonds. The van der Waals surface area contributed by atoms with Crippen LogP contribution in [0.2, 0.25) is 0 Å². The molecule has 0 saturated heterocycles. The molecule has 0 aliphatic rings. The van der Waals surface area contributed by atoms with Crippen LogP contribution in [0.4, 0.5) is 0 Å². The number of likely N-dealkylation sites (N-methyl/N-ethyl adjacent to an activating group) is 1. The molecule has 4 nitrogen and oxygen atoms in total. The van der Waals surface area contributed by atoms with Crippen molar-refractivity contribution in [1.82, 2.24) is 15.5 Å². The summed E-state index contributed by atoms with van der Waals surface area (Å²) in [5.41, 5.74) is 1.25. The van der Waals surface area contributed by atoms with Crippen LogP contribution in [0.3, 0.4) is 0 Å². The third-order valence-electron chi connectivity index (χ3n) is 3.16. The van der Waals surface area contributed by atoms with Crippen LogP contribution in [0.25, 0.3) is 0 Å². The van der Waals surface area contributed by atoms with E-state index in [1.165, 1.54) is 5.56 Å². The van der Waals surface area contributed by atoms with Crippen LogP contribution in [0.1, 0.15) is 19.4 Å². The third-order valence-corrected chi connectivity index (χ3v) is 3.16. The standard InChI is InChI=1S/C15H26N4.HI/c1-13(2)19(4)11-10-17-15(16-3)18-12-14-8-6-5-7-9-14;/h5-9,13H,10-12H2,1-4H3,(H2,16,17,18);1H. The van der Waals surface area contributed by atoms with Crippen molar-refractivity contribution in [1.29, 1.82) is 0 Å². The van der Waals surface area contributed by atoms with Gasteiger partial charge in [0.15, 0.2) is 5.96 Å². The van der Waals surface area contributed by atoms with E-state index in [1.807, 2.05) is 18.2 Å². The third kappa shape index (κ3) is 7.69. The van der Waals surface area contributed by atoms with Gasteiger partial charge in [-0.2, -0.15) is 0 Å². The number of guanidine groups is 1. The molecule has 1 aromatic carbocycles. The lowest BCUT2D eigenvalue weighted by Crippen LogP contribution is -2.41. The van der Waals surface area contributed by atoms with E-state index in [-0.39, 0.29) is 24.0 Å². The fourth-order valence-electron chi connectivity index (χ4n) is 1.61. The van der Waals surface area contributed by atoms with Crippen molar-refractivity contribution in [3.8, 4) is 0 Å². The van der Waals surface area contributed by atoms with Gasteiger partial charge in [0.1, 0.15) is 0 Å². The average Bonchev–Trinajstić information content (AvgIpc) is 2.43. The first-order valence-corrected chi connectivity index (χ1v) is 6.82. The number of hydrogen-bond donors (Lipinski definition) is 2. The van der Waals surface area contributed by atoms with Crippen molar-refractivity contribution in [2.24, 2.45) is 4.99 Å². The van der Waals surface area contributed by atoms with E-state index in [0.29, 0.717) is 6.04 Å². The number of benzene rings is 1. The van der Waals surface area contributed by atoms with Crippen molar-refractivity contribution in [3.63, 3.8) is 0 Å². The van der Waals surface area contributed by atoms with E-state index < -0.39 is 0 Å². The average molecular weight is 390 g/mol. The van der Waals surface area contributed by atoms with Crippen molar-refractivity contribution in [2.75, 3.05) is 27.2 Å². The molecule has 114 valence electrons. The Kier molecular flexibility index (Phi) is 10.5. The fraction of sp³-hybridized carbons (Fsp3) is 0.533. The predicted octanol–water partition coefficient (Wildman–Crippen LogP) is 2.31. The molecule has 5 heteroatoms. The van der Waals surface area contributed by atoms with Gasteiger partial charge in [0.2, 0.25) is 0 Å². The molecule has 0 aliphatic carbocycles. The van der Waals surface area contributed by atoms with E-state index in [0.717, 1.165) is 25.6 Å². The maximum absolute atomic E-state index is 4.22. The smallest absolute Gasteiger partial charge is 0.191 e. The predicted molar refractivity (Wildman–Crippen MR) is 97.8 cm³/mol. The Labute approximate surface area is 140 Å². The lowest BCUT2D eigenvalue weighted by Gasteiger charge is -2.21. The lowest BCUT2D eigenvalue weighted by molar-refractivity contribution is 0.278. The summed E-state index contributed by atoms with van der Waals surface area (Å²) in [7, 11) is 3.93. The Hall–Kier alpha value is -0.820. The quantitative estimate of drug-likeness (QED) is 0.445. The minimum atomic E-state index is 0. The Morgan fingerprint density at radius 3 is 2.40 bits per heavy atom. The summed E-state index contributed by atoms with van der Waals surface area (Å²) < 4.78 is 0. The molecule has 1 rings (SSSR count). The second kappa shape index (κ2) is 10.9. The largest absolute Gasteiger partial charge is 0.355 e. The second-order valence-corrected chi connectivity index (χ2v) is 4.91. The van der Waals surface area contributed by atoms with Crippen LogP contribution in [0.5, 0.6) is 0 Å². The molecular formula is C15H27IN4. The van der Waals surface area contributed by atoms with Crippen molar-refractivity contribution >= 4 is 29.9 Å². The first-order chi connectivity index (χ1) is 9.13. The summed E-state index contributed by atoms with van der Waals surface area (Å²) in [6, 6.07) is 10.9. The zero-order valence-electron chi connectivity index (χ0n) is 12.9. The molecule has 0 aliphatic heterocycles. The van der Waals surface area contributed by atoms with Gasteiger partial charge in [-0.3, -0.25) is 4.99 Å². The van der Waals surface area contributed by atoms with Gasteiger partial charge in [0, 0.05) is 32.7 Å². The minimum Gasteiger partial charge on any atom is -0.355 e. The van der Waals surface area contributed by atoms with Crippen LogP contribution < -0.4 is 10.6 Å². The van der Waals surface area contributed by atoms with Gasteiger partial charge < -0.3 is 15.5 Å². The normalized spacial score (nSPS) is 11.4. The molecule has 0 saturated carbocycles. The van der Waals surface area contributed by atoms with Gasteiger partial charge in [0.25, 0.3) is 0 Å². The van der Waals surface area contributed by atoms with Crippen molar-refractivity contribution < 1.29 is 0 Å². The SMILES string of the molecule is CN=C(NCCN(C)C(C)C)NCc1ccccc1.I. The summed E-state index contributed by atoms with van der Waals surface area (Å²) in [6.45, 7) is 7.08. The molecule has 0 aromatic heterocycles. The topological polar surface area (TPSA) is 39.7 Å². The number of halogens is 1. The van der Waals surface area contributed by atoms with Crippen molar-refractivity contribution in [2.45, 2.75) is 26.4 Å². The molecule has 0 heterocycles. The highest BCUT2D eigenvalue weighted by atomic mass is 127. The van der Waals surface area contributed by atoms with E-state index in [4.69, 9.17) is 0 Å². The molecule has 0 bridgehead atoms. The Morgan fingerprint density at radius 2 is 1.85 bits per heavy atom. The van der Waals surface area contributed by atoms with Crippen molar-refractivity contribution in [3.05, 3.63) is 35.9 Å². The van der Waals surface area contributed by atoms with E-state index >= 15 is 0 Å². The van der Waals surface area contributed by atoms with Crippen LogP contribution in [-0.2, 0) is 6.54 Å². The lowest BCUT2D eigenvalue weighted by atomic mass is 10.2. The molecular weight excluding hydrogens is 363 g/mol. The first kappa shape index (κ1) is 19.2. The molecule has 0 fully saturated rings. The monoisotopic (exact) mass is 390 g/mol. The zero-order chi connectivity index (χ0) is 14.1. The van der Waals surface area contributed by atoms with Gasteiger partial charge >= 0.3 is 0 Å². The maximum Gasteiger partial charge on any atom is 0.191 e. The van der Waals surface area contributed by atoms with Crippen LogP contribution >= 0.6 is 24.0 Å². The number of nitrogens with zero attached hydrogens (tertiary/aromatic N) is 2. The van der Waals surface area contributed by atoms with E-state index in [1.54, 1.807) is 7.05 Å². The molecule has 0 radical (unpaired) electrons. The van der Waals surface area contributed by atoms with E-state index in [2.05, 4.69) is 53.6 Å². The van der Waals surface area contributed by atoms with Gasteiger partial charge in [-0.05, 0) is 26.5 Å². The first-order valence-electron chi connectivity index (χ1n) is 6.82. The minimum absolute atomic E-state index is 0. The highest BCUT2D eigenvalue weighted by Gasteiger charge is 2.03. The van der Waals surface area contributed by atoms with E-state index in [9.17, 15) is 0 Å². The summed E-state index contributed by atoms with van der Waals surface area (Å²) in [5, 5.41) is 6.63. The number of rotatable bonds is 6. The second-order valence-electron chi connectivity index (χ2n) is 4.91. The molecule has 20 heavy (non-hydrogen) atoms. The van der Waals surface area contributed by atoms with Gasteiger partial charge in [-0.15, -0.1) is 24.0 Å². The van der Waals surface area contributed by atoms with Crippen LogP contribution in [0, 0.1) is 0 Å². The number of nitrogens with one attached hydrogen (secondary N) is 2. The van der Waals surface area contributed by atoms with Gasteiger partial charge in [0.05, 0.1) is 0 Å². The molecule has 2 N–H and O–H groups in total. The number of aliphatic imine (C=N–C) groups is 1. The maximum atomic E-state index is 4.22. The Morgan fingerprint density at radius 1 is 1.20 bits per heavy atom.